The maximum Gasteiger partial charge on any atom is 0.254 e. The van der Waals surface area contributed by atoms with Crippen LogP contribution in [-0.2, 0) is 6.54 Å². The molecule has 1 aliphatic rings. The van der Waals surface area contributed by atoms with Crippen LogP contribution in [0.5, 0.6) is 5.75 Å². The quantitative estimate of drug-likeness (QED) is 0.809. The smallest absolute Gasteiger partial charge is 0.254 e. The van der Waals surface area contributed by atoms with Crippen LogP contribution in [-0.4, -0.2) is 30.2 Å². The summed E-state index contributed by atoms with van der Waals surface area (Å²) >= 11 is 0. The number of carbonyl (C=O) groups is 2. The van der Waals surface area contributed by atoms with Crippen molar-refractivity contribution in [3.05, 3.63) is 65.2 Å². The molecule has 1 amide bonds. The van der Waals surface area contributed by atoms with Crippen LogP contribution in [0.15, 0.2) is 48.5 Å². The molecule has 106 valence electrons. The van der Waals surface area contributed by atoms with Crippen molar-refractivity contribution < 1.29 is 14.3 Å². The summed E-state index contributed by atoms with van der Waals surface area (Å²) in [6.45, 7) is 0.575. The normalized spacial score (nSPS) is 13.2. The van der Waals surface area contributed by atoms with E-state index in [1.54, 1.807) is 42.3 Å². The van der Waals surface area contributed by atoms with Gasteiger partial charge in [0.15, 0.2) is 5.78 Å². The van der Waals surface area contributed by atoms with E-state index in [-0.39, 0.29) is 18.2 Å². The van der Waals surface area contributed by atoms with Crippen LogP contribution in [0.25, 0.3) is 0 Å². The molecule has 0 aromatic heterocycles. The number of amides is 1. The van der Waals surface area contributed by atoms with Gasteiger partial charge in [-0.05, 0) is 23.8 Å². The van der Waals surface area contributed by atoms with E-state index < -0.39 is 0 Å². The first-order valence-electron chi connectivity index (χ1n) is 6.73. The van der Waals surface area contributed by atoms with Crippen molar-refractivity contribution in [3.63, 3.8) is 0 Å². The Morgan fingerprint density at radius 1 is 1.19 bits per heavy atom. The van der Waals surface area contributed by atoms with Gasteiger partial charge in [0.1, 0.15) is 5.75 Å². The lowest BCUT2D eigenvalue weighted by Crippen LogP contribution is -2.30. The third-order valence-corrected chi connectivity index (χ3v) is 3.62. The minimum absolute atomic E-state index is 0.0816. The fraction of sp³-hybridized carbons (Fsp3) is 0.176. The molecule has 0 saturated carbocycles. The molecule has 0 aliphatic carbocycles. The SMILES string of the molecule is COc1cccc(C(=O)CN2Cc3ccccc3C2=O)c1. The molecule has 0 unspecified atom stereocenters. The predicted octanol–water partition coefficient (Wildman–Crippen LogP) is 2.53. The molecular formula is C17H15NO3. The fourth-order valence-electron chi connectivity index (χ4n) is 2.50. The minimum Gasteiger partial charge on any atom is -0.497 e. The van der Waals surface area contributed by atoms with Gasteiger partial charge in [0.2, 0.25) is 0 Å². The molecule has 0 fully saturated rings. The fourth-order valence-corrected chi connectivity index (χ4v) is 2.50. The summed E-state index contributed by atoms with van der Waals surface area (Å²) < 4.78 is 5.11. The highest BCUT2D eigenvalue weighted by molar-refractivity contribution is 6.04. The molecule has 0 atom stereocenters. The van der Waals surface area contributed by atoms with Gasteiger partial charge in [0.25, 0.3) is 5.91 Å². The molecular weight excluding hydrogens is 266 g/mol. The first kappa shape index (κ1) is 13.4. The Bertz CT molecular complexity index is 709. The number of rotatable bonds is 4. The Morgan fingerprint density at radius 2 is 2.00 bits per heavy atom. The standard InChI is InChI=1S/C17H15NO3/c1-21-14-7-4-6-12(9-14)16(19)11-18-10-13-5-2-3-8-15(13)17(18)20/h2-9H,10-11H2,1H3. The Labute approximate surface area is 123 Å². The molecule has 2 aromatic carbocycles. The molecule has 0 spiro atoms. The summed E-state index contributed by atoms with van der Waals surface area (Å²) in [5, 5.41) is 0. The summed E-state index contributed by atoms with van der Waals surface area (Å²) in [5.74, 6) is 0.466. The summed E-state index contributed by atoms with van der Waals surface area (Å²) in [4.78, 5) is 26.1. The zero-order chi connectivity index (χ0) is 14.8. The lowest BCUT2D eigenvalue weighted by atomic mass is 10.1. The van der Waals surface area contributed by atoms with E-state index in [2.05, 4.69) is 0 Å². The molecule has 2 aromatic rings. The van der Waals surface area contributed by atoms with E-state index in [0.29, 0.717) is 23.4 Å². The van der Waals surface area contributed by atoms with Crippen molar-refractivity contribution in [3.8, 4) is 5.75 Å². The summed E-state index contributed by atoms with van der Waals surface area (Å²) in [7, 11) is 1.56. The topological polar surface area (TPSA) is 46.6 Å². The highest BCUT2D eigenvalue weighted by Gasteiger charge is 2.28. The van der Waals surface area contributed by atoms with Gasteiger partial charge in [-0.2, -0.15) is 0 Å². The minimum atomic E-state index is -0.0879. The van der Waals surface area contributed by atoms with Crippen LogP contribution >= 0.6 is 0 Å². The van der Waals surface area contributed by atoms with Crippen LogP contribution in [0.2, 0.25) is 0 Å². The van der Waals surface area contributed by atoms with Crippen molar-refractivity contribution >= 4 is 11.7 Å². The maximum atomic E-state index is 12.3. The van der Waals surface area contributed by atoms with E-state index in [1.807, 2.05) is 18.2 Å². The number of nitrogens with zero attached hydrogens (tertiary/aromatic N) is 1. The predicted molar refractivity (Wildman–Crippen MR) is 78.5 cm³/mol. The molecule has 0 N–H and O–H groups in total. The Hall–Kier alpha value is -2.62. The van der Waals surface area contributed by atoms with E-state index in [1.165, 1.54) is 0 Å². The van der Waals surface area contributed by atoms with Gasteiger partial charge < -0.3 is 9.64 Å². The van der Waals surface area contributed by atoms with Crippen LogP contribution < -0.4 is 4.74 Å². The average Bonchev–Trinajstić information content (AvgIpc) is 2.84. The monoisotopic (exact) mass is 281 g/mol. The van der Waals surface area contributed by atoms with Gasteiger partial charge in [0.05, 0.1) is 13.7 Å². The van der Waals surface area contributed by atoms with Crippen molar-refractivity contribution in [2.45, 2.75) is 6.54 Å². The highest BCUT2D eigenvalue weighted by atomic mass is 16.5. The van der Waals surface area contributed by atoms with Crippen molar-refractivity contribution in [2.75, 3.05) is 13.7 Å². The van der Waals surface area contributed by atoms with E-state index in [9.17, 15) is 9.59 Å². The number of carbonyl (C=O) groups excluding carboxylic acids is 2. The van der Waals surface area contributed by atoms with Crippen LogP contribution in [0, 0.1) is 0 Å². The van der Waals surface area contributed by atoms with Gasteiger partial charge in [-0.25, -0.2) is 0 Å². The number of benzene rings is 2. The first-order chi connectivity index (χ1) is 10.2. The van der Waals surface area contributed by atoms with E-state index in [0.717, 1.165) is 5.56 Å². The number of ketones is 1. The number of ether oxygens (including phenoxy) is 1. The van der Waals surface area contributed by atoms with Gasteiger partial charge >= 0.3 is 0 Å². The largest absolute Gasteiger partial charge is 0.497 e. The third kappa shape index (κ3) is 2.52. The first-order valence-corrected chi connectivity index (χ1v) is 6.73. The molecule has 21 heavy (non-hydrogen) atoms. The van der Waals surface area contributed by atoms with Gasteiger partial charge in [-0.15, -0.1) is 0 Å². The third-order valence-electron chi connectivity index (χ3n) is 3.62. The average molecular weight is 281 g/mol. The number of fused-ring (bicyclic) bond motifs is 1. The lowest BCUT2D eigenvalue weighted by molar-refractivity contribution is 0.0729. The lowest BCUT2D eigenvalue weighted by Gasteiger charge is -2.14. The van der Waals surface area contributed by atoms with Crippen molar-refractivity contribution in [1.82, 2.24) is 4.90 Å². The molecule has 1 heterocycles. The molecule has 4 nitrogen and oxygen atoms in total. The highest BCUT2D eigenvalue weighted by Crippen LogP contribution is 2.23. The Kier molecular flexibility index (Phi) is 3.44. The number of hydrogen-bond acceptors (Lipinski definition) is 3. The van der Waals surface area contributed by atoms with Gasteiger partial charge in [-0.3, -0.25) is 9.59 Å². The van der Waals surface area contributed by atoms with Crippen molar-refractivity contribution in [2.24, 2.45) is 0 Å². The molecule has 1 aliphatic heterocycles. The molecule has 0 saturated heterocycles. The molecule has 0 radical (unpaired) electrons. The second-order valence-electron chi connectivity index (χ2n) is 4.97. The molecule has 0 bridgehead atoms. The zero-order valence-corrected chi connectivity index (χ0v) is 11.7. The zero-order valence-electron chi connectivity index (χ0n) is 11.7. The summed E-state index contributed by atoms with van der Waals surface area (Å²) in [5.41, 5.74) is 2.22. The summed E-state index contributed by atoms with van der Waals surface area (Å²) in [6, 6.07) is 14.4. The number of methoxy groups -OCH3 is 1. The van der Waals surface area contributed by atoms with Gasteiger partial charge in [0, 0.05) is 17.7 Å². The van der Waals surface area contributed by atoms with Crippen molar-refractivity contribution in [1.29, 1.82) is 0 Å². The summed E-state index contributed by atoms with van der Waals surface area (Å²) in [6.07, 6.45) is 0. The number of hydrogen-bond donors (Lipinski definition) is 0. The number of Topliss-reactive ketones (excluding diaryl/α,β-unsaturated/α-hetero) is 1. The molecule has 3 rings (SSSR count). The van der Waals surface area contributed by atoms with Crippen LogP contribution in [0.1, 0.15) is 26.3 Å². The van der Waals surface area contributed by atoms with Crippen LogP contribution in [0.4, 0.5) is 0 Å². The second-order valence-corrected chi connectivity index (χ2v) is 4.97. The van der Waals surface area contributed by atoms with Crippen LogP contribution in [0.3, 0.4) is 0 Å². The maximum absolute atomic E-state index is 12.3. The van der Waals surface area contributed by atoms with E-state index in [4.69, 9.17) is 4.74 Å². The Morgan fingerprint density at radius 3 is 2.76 bits per heavy atom. The second kappa shape index (κ2) is 5.40. The Balaban J connectivity index is 1.76. The van der Waals surface area contributed by atoms with E-state index >= 15 is 0 Å². The molecule has 4 heteroatoms. The van der Waals surface area contributed by atoms with Gasteiger partial charge in [-0.1, -0.05) is 30.3 Å².